The third-order valence-electron chi connectivity index (χ3n) is 6.10. The van der Waals surface area contributed by atoms with Crippen molar-refractivity contribution >= 4 is 17.1 Å². The van der Waals surface area contributed by atoms with Gasteiger partial charge in [-0.15, -0.1) is 10.2 Å². The van der Waals surface area contributed by atoms with Gasteiger partial charge in [0.25, 0.3) is 6.01 Å². The number of fused-ring (bicyclic) bond motifs is 1. The highest BCUT2D eigenvalue weighted by molar-refractivity contribution is 5.76. The first-order valence-corrected chi connectivity index (χ1v) is 12.4. The predicted octanol–water partition coefficient (Wildman–Crippen LogP) is 3.93. The van der Waals surface area contributed by atoms with Gasteiger partial charge in [-0.05, 0) is 56.5 Å². The van der Waals surface area contributed by atoms with E-state index in [0.717, 1.165) is 31.5 Å². The Bertz CT molecular complexity index is 1280. The fourth-order valence-electron chi connectivity index (χ4n) is 4.36. The van der Waals surface area contributed by atoms with Crippen LogP contribution in [0.4, 0.5) is 10.4 Å². The number of anilines is 1. The normalized spacial score (nSPS) is 14.7. The Morgan fingerprint density at radius 1 is 1.08 bits per heavy atom. The van der Waals surface area contributed by atoms with Crippen LogP contribution in [0.3, 0.4) is 0 Å². The van der Waals surface area contributed by atoms with Gasteiger partial charge in [-0.1, -0.05) is 5.21 Å². The summed E-state index contributed by atoms with van der Waals surface area (Å²) in [6.45, 7) is 7.15. The minimum Gasteiger partial charge on any atom is -0.491 e. The van der Waals surface area contributed by atoms with Crippen molar-refractivity contribution in [3.8, 4) is 17.2 Å². The summed E-state index contributed by atoms with van der Waals surface area (Å²) in [5.74, 6) is 1.14. The summed E-state index contributed by atoms with van der Waals surface area (Å²) in [5.41, 5.74) is 2.35. The number of piperidine rings is 1. The molecule has 5 rings (SSSR count). The number of aromatic amines is 1. The van der Waals surface area contributed by atoms with Gasteiger partial charge in [0.2, 0.25) is 11.6 Å². The number of ether oxygens (including phenoxy) is 3. The SMILES string of the molecule is CCOc1cc(CN2CCC(Nc3nc4cc(OCc5nn[nH]n5)ccc4o3)CC2)cc(OCC)c1F. The molecule has 0 aliphatic carbocycles. The van der Waals surface area contributed by atoms with Crippen LogP contribution in [0.5, 0.6) is 17.2 Å². The van der Waals surface area contributed by atoms with Gasteiger partial charge in [-0.2, -0.15) is 14.6 Å². The monoisotopic (exact) mass is 511 g/mol. The number of likely N-dealkylation sites (tertiary alicyclic amines) is 1. The van der Waals surface area contributed by atoms with Crippen molar-refractivity contribution in [1.29, 1.82) is 0 Å². The molecule has 2 aromatic carbocycles. The summed E-state index contributed by atoms with van der Waals surface area (Å²) < 4.78 is 37.1. The van der Waals surface area contributed by atoms with Crippen LogP contribution in [-0.4, -0.2) is 62.9 Å². The first-order valence-electron chi connectivity index (χ1n) is 12.4. The summed E-state index contributed by atoms with van der Waals surface area (Å²) in [5, 5.41) is 17.1. The van der Waals surface area contributed by atoms with E-state index in [9.17, 15) is 4.39 Å². The second kappa shape index (κ2) is 11.4. The molecule has 0 spiro atoms. The Kier molecular flexibility index (Phi) is 7.64. The molecule has 12 heteroatoms. The third-order valence-corrected chi connectivity index (χ3v) is 6.10. The lowest BCUT2D eigenvalue weighted by atomic mass is 10.0. The van der Waals surface area contributed by atoms with E-state index in [0.29, 0.717) is 48.4 Å². The van der Waals surface area contributed by atoms with Crippen molar-refractivity contribution in [2.45, 2.75) is 45.9 Å². The molecule has 1 aliphatic rings. The van der Waals surface area contributed by atoms with Crippen LogP contribution in [0.2, 0.25) is 0 Å². The summed E-state index contributed by atoms with van der Waals surface area (Å²) in [6.07, 6.45) is 1.85. The molecule has 0 unspecified atom stereocenters. The van der Waals surface area contributed by atoms with E-state index in [1.807, 2.05) is 32.0 Å². The van der Waals surface area contributed by atoms with Gasteiger partial charge in [0.05, 0.1) is 13.2 Å². The molecule has 1 fully saturated rings. The van der Waals surface area contributed by atoms with E-state index in [1.165, 1.54) is 0 Å². The Hall–Kier alpha value is -3.93. The quantitative estimate of drug-likeness (QED) is 0.306. The molecule has 0 saturated carbocycles. The Balaban J connectivity index is 1.16. The number of benzene rings is 2. The standard InChI is InChI=1S/C25H30FN7O4/c1-3-34-21-11-16(12-22(24(21)26)35-4-2)14-33-9-7-17(8-10-33)27-25-28-19-13-18(5-6-20(19)37-25)36-15-23-29-31-32-30-23/h5-6,11-13,17H,3-4,7-10,14-15H2,1-2H3,(H,27,28)(H,29,30,31,32). The zero-order valence-electron chi connectivity index (χ0n) is 20.9. The van der Waals surface area contributed by atoms with Crippen LogP contribution in [-0.2, 0) is 13.2 Å². The summed E-state index contributed by atoms with van der Waals surface area (Å²) in [7, 11) is 0. The summed E-state index contributed by atoms with van der Waals surface area (Å²) in [6, 6.07) is 9.74. The smallest absolute Gasteiger partial charge is 0.295 e. The lowest BCUT2D eigenvalue weighted by Gasteiger charge is -2.32. The van der Waals surface area contributed by atoms with Crippen molar-refractivity contribution in [3.05, 3.63) is 47.5 Å². The van der Waals surface area contributed by atoms with Crippen LogP contribution in [0, 0.1) is 5.82 Å². The number of nitrogens with zero attached hydrogens (tertiary/aromatic N) is 5. The van der Waals surface area contributed by atoms with E-state index < -0.39 is 5.82 Å². The van der Waals surface area contributed by atoms with Crippen molar-refractivity contribution in [2.24, 2.45) is 0 Å². The molecule has 11 nitrogen and oxygen atoms in total. The van der Waals surface area contributed by atoms with Gasteiger partial charge in [0.15, 0.2) is 23.7 Å². The largest absolute Gasteiger partial charge is 0.491 e. The number of nitrogens with one attached hydrogen (secondary N) is 2. The molecule has 0 amide bonds. The molecular formula is C25H30FN7O4. The fourth-order valence-corrected chi connectivity index (χ4v) is 4.36. The van der Waals surface area contributed by atoms with Crippen molar-refractivity contribution < 1.29 is 23.0 Å². The van der Waals surface area contributed by atoms with Gasteiger partial charge in [0.1, 0.15) is 11.3 Å². The number of hydrogen-bond donors (Lipinski definition) is 2. The topological polar surface area (TPSA) is 123 Å². The maximum atomic E-state index is 14.6. The number of hydrogen-bond acceptors (Lipinski definition) is 10. The lowest BCUT2D eigenvalue weighted by molar-refractivity contribution is 0.209. The number of tetrazole rings is 1. The molecule has 0 bridgehead atoms. The average molecular weight is 512 g/mol. The maximum Gasteiger partial charge on any atom is 0.295 e. The predicted molar refractivity (Wildman–Crippen MR) is 133 cm³/mol. The van der Waals surface area contributed by atoms with Crippen LogP contribution >= 0.6 is 0 Å². The van der Waals surface area contributed by atoms with Gasteiger partial charge in [-0.3, -0.25) is 4.90 Å². The summed E-state index contributed by atoms with van der Waals surface area (Å²) >= 11 is 0. The van der Waals surface area contributed by atoms with E-state index in [1.54, 1.807) is 12.1 Å². The zero-order valence-corrected chi connectivity index (χ0v) is 20.9. The van der Waals surface area contributed by atoms with Crippen LogP contribution in [0.1, 0.15) is 38.1 Å². The third kappa shape index (κ3) is 6.08. The minimum atomic E-state index is -0.445. The lowest BCUT2D eigenvalue weighted by Crippen LogP contribution is -2.38. The Labute approximate surface area is 213 Å². The number of H-pyrrole nitrogens is 1. The molecule has 4 aromatic rings. The number of oxazole rings is 1. The van der Waals surface area contributed by atoms with Gasteiger partial charge in [0, 0.05) is 31.7 Å². The number of aromatic nitrogens is 5. The number of halogens is 1. The van der Waals surface area contributed by atoms with Crippen LogP contribution < -0.4 is 19.5 Å². The molecule has 3 heterocycles. The van der Waals surface area contributed by atoms with Crippen molar-refractivity contribution in [2.75, 3.05) is 31.6 Å². The average Bonchev–Trinajstić information content (AvgIpc) is 3.56. The van der Waals surface area contributed by atoms with E-state index in [2.05, 4.69) is 35.8 Å². The minimum absolute atomic E-state index is 0.210. The van der Waals surface area contributed by atoms with Crippen LogP contribution in [0.25, 0.3) is 11.1 Å². The van der Waals surface area contributed by atoms with Gasteiger partial charge in [-0.25, -0.2) is 0 Å². The highest BCUT2D eigenvalue weighted by Gasteiger charge is 2.22. The molecule has 2 N–H and O–H groups in total. The molecule has 0 radical (unpaired) electrons. The van der Waals surface area contributed by atoms with E-state index >= 15 is 0 Å². The second-order valence-electron chi connectivity index (χ2n) is 8.73. The second-order valence-corrected chi connectivity index (χ2v) is 8.73. The highest BCUT2D eigenvalue weighted by Crippen LogP contribution is 2.31. The molecule has 1 aliphatic heterocycles. The van der Waals surface area contributed by atoms with Gasteiger partial charge < -0.3 is 23.9 Å². The molecule has 2 aromatic heterocycles. The number of rotatable bonds is 11. The summed E-state index contributed by atoms with van der Waals surface area (Å²) in [4.78, 5) is 6.92. The fraction of sp³-hybridized carbons (Fsp3) is 0.440. The molecule has 196 valence electrons. The molecule has 1 saturated heterocycles. The van der Waals surface area contributed by atoms with Crippen LogP contribution in [0.15, 0.2) is 34.7 Å². The van der Waals surface area contributed by atoms with E-state index in [4.69, 9.17) is 18.6 Å². The van der Waals surface area contributed by atoms with Crippen molar-refractivity contribution in [3.63, 3.8) is 0 Å². The molecular weight excluding hydrogens is 481 g/mol. The Morgan fingerprint density at radius 2 is 1.84 bits per heavy atom. The molecule has 0 atom stereocenters. The Morgan fingerprint density at radius 3 is 2.51 bits per heavy atom. The van der Waals surface area contributed by atoms with Crippen molar-refractivity contribution in [1.82, 2.24) is 30.5 Å². The first kappa shape index (κ1) is 24.8. The highest BCUT2D eigenvalue weighted by atomic mass is 19.1. The maximum absolute atomic E-state index is 14.6. The van der Waals surface area contributed by atoms with Gasteiger partial charge >= 0.3 is 0 Å². The first-order chi connectivity index (χ1) is 18.1. The zero-order chi connectivity index (χ0) is 25.6. The van der Waals surface area contributed by atoms with E-state index in [-0.39, 0.29) is 24.1 Å². The molecule has 37 heavy (non-hydrogen) atoms.